The maximum atomic E-state index is 14.7. The molecule has 35 heavy (non-hydrogen) atoms. The molecule has 0 saturated carbocycles. The number of alkyl halides is 2. The maximum Gasteiger partial charge on any atom is 0.314 e. The van der Waals surface area contributed by atoms with Crippen molar-refractivity contribution >= 4 is 0 Å². The highest BCUT2D eigenvalue weighted by molar-refractivity contribution is 5.58. The molecule has 0 bridgehead atoms. The third kappa shape index (κ3) is 5.41. The summed E-state index contributed by atoms with van der Waals surface area (Å²) in [6.07, 6.45) is -1.11. The van der Waals surface area contributed by atoms with Gasteiger partial charge in [-0.15, -0.1) is 15.3 Å². The molecule has 0 atom stereocenters. The van der Waals surface area contributed by atoms with Gasteiger partial charge in [-0.25, -0.2) is 9.07 Å². The minimum absolute atomic E-state index is 0.159. The minimum atomic E-state index is -2.88. The van der Waals surface area contributed by atoms with Crippen molar-refractivity contribution in [3.8, 4) is 22.7 Å². The second kappa shape index (κ2) is 9.96. The molecule has 1 saturated heterocycles. The summed E-state index contributed by atoms with van der Waals surface area (Å²) < 4.78 is 46.5. The first kappa shape index (κ1) is 23.2. The quantitative estimate of drug-likeness (QED) is 0.395. The van der Waals surface area contributed by atoms with E-state index in [9.17, 15) is 13.2 Å². The summed E-state index contributed by atoms with van der Waals surface area (Å²) in [7, 11) is 2.14. The zero-order valence-electron chi connectivity index (χ0n) is 19.1. The van der Waals surface area contributed by atoms with Gasteiger partial charge >= 0.3 is 6.43 Å². The van der Waals surface area contributed by atoms with Crippen molar-refractivity contribution in [2.45, 2.75) is 19.5 Å². The van der Waals surface area contributed by atoms with E-state index in [1.807, 2.05) is 12.1 Å². The smallest absolute Gasteiger partial charge is 0.314 e. The maximum absolute atomic E-state index is 14.7. The summed E-state index contributed by atoms with van der Waals surface area (Å²) in [6, 6.07) is 12.5. The van der Waals surface area contributed by atoms with Crippen LogP contribution >= 0.6 is 0 Å². The van der Waals surface area contributed by atoms with Crippen LogP contribution in [0.1, 0.15) is 23.4 Å². The third-order valence-electron chi connectivity index (χ3n) is 6.02. The number of hydrogen-bond acceptors (Lipinski definition) is 7. The Kier molecular flexibility index (Phi) is 6.60. The summed E-state index contributed by atoms with van der Waals surface area (Å²) in [5.74, 6) is -1.50. The van der Waals surface area contributed by atoms with E-state index in [1.54, 1.807) is 16.9 Å². The fraction of sp³-hybridized carbons (Fsp3) is 0.333. The van der Waals surface area contributed by atoms with Crippen LogP contribution in [0.15, 0.2) is 53.1 Å². The lowest BCUT2D eigenvalue weighted by Crippen LogP contribution is -2.43. The first-order valence-electron chi connectivity index (χ1n) is 11.3. The van der Waals surface area contributed by atoms with E-state index in [-0.39, 0.29) is 18.0 Å². The van der Waals surface area contributed by atoms with Gasteiger partial charge in [0.15, 0.2) is 0 Å². The van der Waals surface area contributed by atoms with Crippen LogP contribution in [0.4, 0.5) is 13.2 Å². The van der Waals surface area contributed by atoms with Crippen LogP contribution in [-0.2, 0) is 13.1 Å². The van der Waals surface area contributed by atoms with Crippen LogP contribution in [0.25, 0.3) is 22.7 Å². The Bertz CT molecular complexity index is 1300. The SMILES string of the molecule is CN1CCN(Cc2cccc(-c3cn(Cc4ccc(-c5nnc(C(F)F)o5)cc4F)nn3)c2)CC1. The summed E-state index contributed by atoms with van der Waals surface area (Å²) in [5, 5.41) is 15.2. The van der Waals surface area contributed by atoms with E-state index in [0.717, 1.165) is 38.3 Å². The van der Waals surface area contributed by atoms with Crippen molar-refractivity contribution < 1.29 is 17.6 Å². The predicted octanol–water partition coefficient (Wildman–Crippen LogP) is 3.87. The summed E-state index contributed by atoms with van der Waals surface area (Å²) in [5.41, 5.74) is 3.45. The van der Waals surface area contributed by atoms with Gasteiger partial charge in [-0.05, 0) is 30.8 Å². The molecule has 0 amide bonds. The molecule has 11 heteroatoms. The Labute approximate surface area is 200 Å². The van der Waals surface area contributed by atoms with Crippen molar-refractivity contribution in [1.29, 1.82) is 0 Å². The van der Waals surface area contributed by atoms with Gasteiger partial charge in [0.25, 0.3) is 5.89 Å². The van der Waals surface area contributed by atoms with Gasteiger partial charge in [-0.2, -0.15) is 8.78 Å². The molecule has 0 aliphatic carbocycles. The molecular weight excluding hydrogens is 459 g/mol. The second-order valence-electron chi connectivity index (χ2n) is 8.63. The van der Waals surface area contributed by atoms with Crippen LogP contribution in [-0.4, -0.2) is 68.2 Å². The molecule has 182 valence electrons. The summed E-state index contributed by atoms with van der Waals surface area (Å²) in [4.78, 5) is 4.76. The van der Waals surface area contributed by atoms with Crippen LogP contribution in [0.5, 0.6) is 0 Å². The molecule has 1 aliphatic rings. The molecule has 4 aromatic rings. The molecule has 5 rings (SSSR count). The number of likely N-dealkylation sites (N-methyl/N-ethyl adjacent to an activating group) is 1. The van der Waals surface area contributed by atoms with Gasteiger partial charge in [0, 0.05) is 49.4 Å². The Balaban J connectivity index is 1.27. The lowest BCUT2D eigenvalue weighted by molar-refractivity contribution is 0.116. The summed E-state index contributed by atoms with van der Waals surface area (Å²) >= 11 is 0. The molecule has 0 N–H and O–H groups in total. The Morgan fingerprint density at radius 3 is 2.51 bits per heavy atom. The number of hydrogen-bond donors (Lipinski definition) is 0. The number of halogens is 3. The third-order valence-corrected chi connectivity index (χ3v) is 6.02. The monoisotopic (exact) mass is 483 g/mol. The molecule has 0 spiro atoms. The number of nitrogens with zero attached hydrogens (tertiary/aromatic N) is 7. The fourth-order valence-corrected chi connectivity index (χ4v) is 4.02. The van der Waals surface area contributed by atoms with Gasteiger partial charge in [0.1, 0.15) is 11.5 Å². The number of rotatable bonds is 7. The Morgan fingerprint density at radius 1 is 0.943 bits per heavy atom. The highest BCUT2D eigenvalue weighted by Crippen LogP contribution is 2.25. The normalized spacial score (nSPS) is 15.2. The number of piperazine rings is 1. The number of aromatic nitrogens is 5. The van der Waals surface area contributed by atoms with E-state index in [2.05, 4.69) is 49.5 Å². The molecule has 0 unspecified atom stereocenters. The van der Waals surface area contributed by atoms with Crippen molar-refractivity contribution in [3.63, 3.8) is 0 Å². The van der Waals surface area contributed by atoms with E-state index < -0.39 is 18.1 Å². The van der Waals surface area contributed by atoms with Gasteiger partial charge in [0.05, 0.1) is 12.7 Å². The van der Waals surface area contributed by atoms with Gasteiger partial charge in [0.2, 0.25) is 5.89 Å². The van der Waals surface area contributed by atoms with Crippen LogP contribution in [0.2, 0.25) is 0 Å². The van der Waals surface area contributed by atoms with Crippen LogP contribution in [0.3, 0.4) is 0 Å². The minimum Gasteiger partial charge on any atom is -0.415 e. The molecule has 1 aliphatic heterocycles. The standard InChI is InChI=1S/C24H24F3N7O/c1-32-7-9-33(10-8-32)13-16-3-2-4-17(11-16)21-15-34(31-28-21)14-19-6-5-18(12-20(19)25)23-29-30-24(35-23)22(26)27/h2-6,11-12,15,22H,7-10,13-14H2,1H3. The van der Waals surface area contributed by atoms with Crippen molar-refractivity contribution in [1.82, 2.24) is 35.0 Å². The lowest BCUT2D eigenvalue weighted by atomic mass is 10.1. The average molecular weight is 483 g/mol. The van der Waals surface area contributed by atoms with Crippen molar-refractivity contribution in [3.05, 3.63) is 71.5 Å². The molecular formula is C24H24F3N7O. The van der Waals surface area contributed by atoms with E-state index >= 15 is 0 Å². The number of benzene rings is 2. The Morgan fingerprint density at radius 2 is 1.77 bits per heavy atom. The highest BCUT2D eigenvalue weighted by atomic mass is 19.3. The first-order chi connectivity index (χ1) is 16.9. The molecule has 3 heterocycles. The Hall–Kier alpha value is -3.57. The fourth-order valence-electron chi connectivity index (χ4n) is 4.02. The highest BCUT2D eigenvalue weighted by Gasteiger charge is 2.18. The molecule has 0 radical (unpaired) electrons. The van der Waals surface area contributed by atoms with Gasteiger partial charge < -0.3 is 9.32 Å². The van der Waals surface area contributed by atoms with Crippen LogP contribution < -0.4 is 0 Å². The molecule has 2 aromatic carbocycles. The topological polar surface area (TPSA) is 76.1 Å². The lowest BCUT2D eigenvalue weighted by Gasteiger charge is -2.32. The average Bonchev–Trinajstić information content (AvgIpc) is 3.53. The van der Waals surface area contributed by atoms with E-state index in [1.165, 1.54) is 17.7 Å². The largest absolute Gasteiger partial charge is 0.415 e. The molecule has 1 fully saturated rings. The summed E-state index contributed by atoms with van der Waals surface area (Å²) in [6.45, 7) is 5.26. The predicted molar refractivity (Wildman–Crippen MR) is 122 cm³/mol. The molecule has 2 aromatic heterocycles. The zero-order valence-corrected chi connectivity index (χ0v) is 19.1. The van der Waals surface area contributed by atoms with E-state index in [4.69, 9.17) is 4.42 Å². The van der Waals surface area contributed by atoms with E-state index in [0.29, 0.717) is 11.3 Å². The first-order valence-corrected chi connectivity index (χ1v) is 11.3. The molecule has 8 nitrogen and oxygen atoms in total. The zero-order chi connectivity index (χ0) is 24.4. The van der Waals surface area contributed by atoms with Gasteiger partial charge in [-0.3, -0.25) is 4.90 Å². The van der Waals surface area contributed by atoms with Crippen LogP contribution in [0, 0.1) is 5.82 Å². The van der Waals surface area contributed by atoms with Crippen molar-refractivity contribution in [2.24, 2.45) is 0 Å². The second-order valence-corrected chi connectivity index (χ2v) is 8.63. The van der Waals surface area contributed by atoms with Gasteiger partial charge in [-0.1, -0.05) is 29.5 Å². The van der Waals surface area contributed by atoms with Crippen molar-refractivity contribution in [2.75, 3.05) is 33.2 Å².